The summed E-state index contributed by atoms with van der Waals surface area (Å²) in [4.78, 5) is 10.9. The monoisotopic (exact) mass is 341 g/mol. The van der Waals surface area contributed by atoms with Crippen molar-refractivity contribution >= 4 is 17.6 Å². The number of carbonyl (C=O) groups is 1. The van der Waals surface area contributed by atoms with E-state index in [2.05, 4.69) is 6.92 Å². The summed E-state index contributed by atoms with van der Waals surface area (Å²) in [7, 11) is 0. The zero-order valence-electron chi connectivity index (χ0n) is 14.5. The van der Waals surface area contributed by atoms with Crippen molar-refractivity contribution in [2.45, 2.75) is 90.5 Å². The number of carboxylic acids is 1. The summed E-state index contributed by atoms with van der Waals surface area (Å²) in [5.41, 5.74) is 0.200. The Kier molecular flexibility index (Phi) is 10.9. The first-order valence-electron chi connectivity index (χ1n) is 9.23. The minimum absolute atomic E-state index is 0.200. The molecule has 4 heteroatoms. The molecule has 132 valence electrons. The van der Waals surface area contributed by atoms with Gasteiger partial charge in [-0.25, -0.2) is 4.79 Å². The van der Waals surface area contributed by atoms with Crippen LogP contribution in [0.25, 0.3) is 0 Å². The smallest absolute Gasteiger partial charge is 0.338 e. The van der Waals surface area contributed by atoms with E-state index >= 15 is 0 Å². The molecule has 3 nitrogen and oxygen atoms in total. The number of aryl methyl sites for hydroxylation is 1. The Hall–Kier alpha value is -0.960. The van der Waals surface area contributed by atoms with E-state index in [0.29, 0.717) is 5.02 Å². The van der Waals surface area contributed by atoms with Gasteiger partial charge in [0.05, 0.1) is 10.6 Å². The second-order valence-corrected chi connectivity index (χ2v) is 6.86. The van der Waals surface area contributed by atoms with Crippen molar-refractivity contribution < 1.29 is 9.90 Å². The Morgan fingerprint density at radius 3 is 1.83 bits per heavy atom. The lowest BCUT2D eigenvalue weighted by Gasteiger charge is -2.04. The number of aromatic nitrogens is 1. The fraction of sp³-hybridized carbons (Fsp3) is 0.737. The highest BCUT2D eigenvalue weighted by Gasteiger charge is 2.11. The first kappa shape index (κ1) is 20.1. The topological polar surface area (TPSA) is 42.2 Å². The van der Waals surface area contributed by atoms with Crippen molar-refractivity contribution in [2.24, 2.45) is 0 Å². The van der Waals surface area contributed by atoms with Crippen LogP contribution in [0.15, 0.2) is 12.4 Å². The molecule has 1 heterocycles. The minimum Gasteiger partial charge on any atom is -0.478 e. The molecule has 23 heavy (non-hydrogen) atoms. The molecule has 0 saturated heterocycles. The maximum atomic E-state index is 10.9. The van der Waals surface area contributed by atoms with E-state index in [1.54, 1.807) is 12.4 Å². The quantitative estimate of drug-likeness (QED) is 0.390. The Morgan fingerprint density at radius 1 is 0.913 bits per heavy atom. The standard InChI is InChI=1S/C19H32ClNO2/c1-2-3-4-5-6-7-8-9-10-11-12-13-14-21-15-17(19(22)23)18(20)16-21/h15-16H,2-14H2,1H3,(H,22,23). The van der Waals surface area contributed by atoms with Crippen LogP contribution in [0.2, 0.25) is 5.02 Å². The molecular formula is C19H32ClNO2. The van der Waals surface area contributed by atoms with Gasteiger partial charge in [-0.05, 0) is 6.42 Å². The van der Waals surface area contributed by atoms with Crippen LogP contribution in [0.1, 0.15) is 94.3 Å². The number of aromatic carboxylic acids is 1. The summed E-state index contributed by atoms with van der Waals surface area (Å²) >= 11 is 5.89. The molecule has 0 unspecified atom stereocenters. The van der Waals surface area contributed by atoms with Gasteiger partial charge in [0, 0.05) is 18.9 Å². The van der Waals surface area contributed by atoms with Crippen molar-refractivity contribution in [3.8, 4) is 0 Å². The third-order valence-corrected chi connectivity index (χ3v) is 4.63. The van der Waals surface area contributed by atoms with Crippen LogP contribution in [0.3, 0.4) is 0 Å². The van der Waals surface area contributed by atoms with E-state index in [1.807, 2.05) is 4.57 Å². The zero-order valence-corrected chi connectivity index (χ0v) is 15.3. The third kappa shape index (κ3) is 9.04. The molecule has 1 aromatic rings. The van der Waals surface area contributed by atoms with E-state index in [0.717, 1.165) is 13.0 Å². The van der Waals surface area contributed by atoms with E-state index in [9.17, 15) is 4.79 Å². The average molecular weight is 342 g/mol. The molecule has 0 spiro atoms. The molecule has 0 saturated carbocycles. The maximum Gasteiger partial charge on any atom is 0.338 e. The lowest BCUT2D eigenvalue weighted by molar-refractivity contribution is 0.0697. The lowest BCUT2D eigenvalue weighted by Crippen LogP contribution is -1.97. The Labute approximate surface area is 146 Å². The Bertz CT molecular complexity index is 443. The fourth-order valence-corrected chi connectivity index (χ4v) is 3.16. The van der Waals surface area contributed by atoms with Crippen molar-refractivity contribution in [2.75, 3.05) is 0 Å². The van der Waals surface area contributed by atoms with E-state index in [4.69, 9.17) is 16.7 Å². The second-order valence-electron chi connectivity index (χ2n) is 6.45. The van der Waals surface area contributed by atoms with Crippen molar-refractivity contribution in [3.05, 3.63) is 23.0 Å². The van der Waals surface area contributed by atoms with Crippen LogP contribution in [0, 0.1) is 0 Å². The normalized spacial score (nSPS) is 11.0. The summed E-state index contributed by atoms with van der Waals surface area (Å²) in [6, 6.07) is 0. The van der Waals surface area contributed by atoms with Gasteiger partial charge in [0.1, 0.15) is 0 Å². The highest BCUT2D eigenvalue weighted by Crippen LogP contribution is 2.18. The van der Waals surface area contributed by atoms with E-state index in [-0.39, 0.29) is 5.56 Å². The fourth-order valence-electron chi connectivity index (χ4n) is 2.90. The Balaban J connectivity index is 1.94. The van der Waals surface area contributed by atoms with Gasteiger partial charge in [0.25, 0.3) is 0 Å². The zero-order chi connectivity index (χ0) is 16.9. The summed E-state index contributed by atoms with van der Waals surface area (Å²) in [5, 5.41) is 9.28. The van der Waals surface area contributed by atoms with Crippen LogP contribution in [-0.2, 0) is 6.54 Å². The Morgan fingerprint density at radius 2 is 1.39 bits per heavy atom. The number of unbranched alkanes of at least 4 members (excludes halogenated alkanes) is 11. The van der Waals surface area contributed by atoms with E-state index < -0.39 is 5.97 Å². The number of carboxylic acid groups (broad SMARTS) is 1. The molecule has 0 aliphatic rings. The predicted octanol–water partition coefficient (Wildman–Crippen LogP) is 6.54. The number of hydrogen-bond donors (Lipinski definition) is 1. The summed E-state index contributed by atoms with van der Waals surface area (Å²) < 4.78 is 1.89. The first-order valence-corrected chi connectivity index (χ1v) is 9.61. The highest BCUT2D eigenvalue weighted by atomic mass is 35.5. The van der Waals surface area contributed by atoms with Gasteiger partial charge >= 0.3 is 5.97 Å². The molecule has 0 bridgehead atoms. The molecule has 0 radical (unpaired) electrons. The SMILES string of the molecule is CCCCCCCCCCCCCCn1cc(Cl)c(C(=O)O)c1. The molecule has 0 atom stereocenters. The maximum absolute atomic E-state index is 10.9. The van der Waals surface area contributed by atoms with E-state index in [1.165, 1.54) is 70.6 Å². The van der Waals surface area contributed by atoms with Crippen molar-refractivity contribution in [1.82, 2.24) is 4.57 Å². The number of rotatable bonds is 14. The molecule has 0 aliphatic heterocycles. The van der Waals surface area contributed by atoms with Crippen LogP contribution in [-0.4, -0.2) is 15.6 Å². The second kappa shape index (κ2) is 12.5. The van der Waals surface area contributed by atoms with Gasteiger partial charge < -0.3 is 9.67 Å². The van der Waals surface area contributed by atoms with Gasteiger partial charge in [-0.1, -0.05) is 89.2 Å². The van der Waals surface area contributed by atoms with Gasteiger partial charge in [-0.3, -0.25) is 0 Å². The molecule has 0 aromatic carbocycles. The molecule has 1 N–H and O–H groups in total. The first-order chi connectivity index (χ1) is 11.1. The van der Waals surface area contributed by atoms with Crippen LogP contribution in [0.5, 0.6) is 0 Å². The lowest BCUT2D eigenvalue weighted by atomic mass is 10.1. The van der Waals surface area contributed by atoms with Crippen molar-refractivity contribution in [3.63, 3.8) is 0 Å². The van der Waals surface area contributed by atoms with Crippen LogP contribution >= 0.6 is 11.6 Å². The number of halogens is 1. The largest absolute Gasteiger partial charge is 0.478 e. The molecule has 0 aliphatic carbocycles. The van der Waals surface area contributed by atoms with Crippen LogP contribution in [0.4, 0.5) is 0 Å². The highest BCUT2D eigenvalue weighted by molar-refractivity contribution is 6.33. The molecular weight excluding hydrogens is 310 g/mol. The predicted molar refractivity (Wildman–Crippen MR) is 97.5 cm³/mol. The molecule has 0 fully saturated rings. The van der Waals surface area contributed by atoms with Gasteiger partial charge in [-0.2, -0.15) is 0 Å². The molecule has 1 rings (SSSR count). The van der Waals surface area contributed by atoms with Gasteiger partial charge in [0.2, 0.25) is 0 Å². The number of nitrogens with zero attached hydrogens (tertiary/aromatic N) is 1. The molecule has 0 amide bonds. The summed E-state index contributed by atoms with van der Waals surface area (Å²) in [5.74, 6) is -0.955. The summed E-state index contributed by atoms with van der Waals surface area (Å²) in [6.07, 6.45) is 19.3. The number of hydrogen-bond acceptors (Lipinski definition) is 1. The average Bonchev–Trinajstić information content (AvgIpc) is 2.89. The van der Waals surface area contributed by atoms with Gasteiger partial charge in [0.15, 0.2) is 0 Å². The minimum atomic E-state index is -0.955. The molecule has 1 aromatic heterocycles. The summed E-state index contributed by atoms with van der Waals surface area (Å²) in [6.45, 7) is 3.11. The third-order valence-electron chi connectivity index (χ3n) is 4.33. The van der Waals surface area contributed by atoms with Crippen LogP contribution < -0.4 is 0 Å². The van der Waals surface area contributed by atoms with Crippen molar-refractivity contribution in [1.29, 1.82) is 0 Å². The van der Waals surface area contributed by atoms with Gasteiger partial charge in [-0.15, -0.1) is 0 Å².